The van der Waals surface area contributed by atoms with Gasteiger partial charge in [0.2, 0.25) is 0 Å². The van der Waals surface area contributed by atoms with E-state index >= 15 is 0 Å². The predicted molar refractivity (Wildman–Crippen MR) is 69.1 cm³/mol. The molecule has 0 bridgehead atoms. The quantitative estimate of drug-likeness (QED) is 0.876. The van der Waals surface area contributed by atoms with Crippen molar-refractivity contribution in [1.82, 2.24) is 9.88 Å². The molecule has 1 saturated heterocycles. The molecule has 0 radical (unpaired) electrons. The highest BCUT2D eigenvalue weighted by Crippen LogP contribution is 2.33. The Hall–Kier alpha value is -0.450. The van der Waals surface area contributed by atoms with E-state index in [4.69, 9.17) is 5.73 Å². The third kappa shape index (κ3) is 2.62. The van der Waals surface area contributed by atoms with Crippen molar-refractivity contribution >= 4 is 11.3 Å². The van der Waals surface area contributed by atoms with Crippen LogP contribution in [0.3, 0.4) is 0 Å². The van der Waals surface area contributed by atoms with E-state index in [0.29, 0.717) is 0 Å². The summed E-state index contributed by atoms with van der Waals surface area (Å²) < 4.78 is 0. The minimum Gasteiger partial charge on any atom is -0.329 e. The van der Waals surface area contributed by atoms with Crippen LogP contribution in [0.25, 0.3) is 0 Å². The van der Waals surface area contributed by atoms with Gasteiger partial charge in [0.15, 0.2) is 0 Å². The van der Waals surface area contributed by atoms with Crippen LogP contribution in [0.2, 0.25) is 0 Å². The first-order valence-corrected chi connectivity index (χ1v) is 6.88. The van der Waals surface area contributed by atoms with E-state index in [1.807, 2.05) is 11.3 Å². The maximum atomic E-state index is 5.58. The Balaban J connectivity index is 1.96. The van der Waals surface area contributed by atoms with Gasteiger partial charge in [-0.15, -0.1) is 11.3 Å². The largest absolute Gasteiger partial charge is 0.329 e. The van der Waals surface area contributed by atoms with Gasteiger partial charge < -0.3 is 10.6 Å². The van der Waals surface area contributed by atoms with Gasteiger partial charge >= 0.3 is 0 Å². The van der Waals surface area contributed by atoms with Gasteiger partial charge in [0, 0.05) is 18.0 Å². The van der Waals surface area contributed by atoms with Crippen LogP contribution < -0.4 is 5.73 Å². The lowest BCUT2D eigenvalue weighted by Gasteiger charge is -2.31. The molecule has 1 aliphatic rings. The number of rotatable bonds is 3. The van der Waals surface area contributed by atoms with E-state index in [1.165, 1.54) is 41.5 Å². The molecule has 16 heavy (non-hydrogen) atoms. The van der Waals surface area contributed by atoms with Crippen LogP contribution in [-0.4, -0.2) is 36.1 Å². The van der Waals surface area contributed by atoms with Gasteiger partial charge in [-0.1, -0.05) is 0 Å². The monoisotopic (exact) mass is 239 g/mol. The number of likely N-dealkylation sites (tertiary alicyclic amines) is 1. The smallest absolute Gasteiger partial charge is 0.0900 e. The summed E-state index contributed by atoms with van der Waals surface area (Å²) in [6.07, 6.45) is 2.53. The molecule has 2 heterocycles. The van der Waals surface area contributed by atoms with Crippen molar-refractivity contribution < 1.29 is 0 Å². The average Bonchev–Trinajstić information content (AvgIpc) is 2.59. The second-order valence-corrected chi connectivity index (χ2v) is 5.82. The number of aryl methyl sites for hydroxylation is 2. The zero-order valence-corrected chi connectivity index (χ0v) is 11.0. The van der Waals surface area contributed by atoms with Crippen LogP contribution >= 0.6 is 11.3 Å². The van der Waals surface area contributed by atoms with Crippen LogP contribution in [0.5, 0.6) is 0 Å². The summed E-state index contributed by atoms with van der Waals surface area (Å²) in [7, 11) is 0. The van der Waals surface area contributed by atoms with Crippen molar-refractivity contribution in [2.75, 3.05) is 26.2 Å². The molecule has 0 aromatic carbocycles. The highest BCUT2D eigenvalue weighted by atomic mass is 32.1. The lowest BCUT2D eigenvalue weighted by molar-refractivity contribution is 0.218. The summed E-state index contributed by atoms with van der Waals surface area (Å²) in [5.41, 5.74) is 6.83. The normalized spacial score (nSPS) is 19.2. The van der Waals surface area contributed by atoms with Gasteiger partial charge in [0.1, 0.15) is 0 Å². The van der Waals surface area contributed by atoms with E-state index in [9.17, 15) is 0 Å². The second kappa shape index (κ2) is 5.25. The fourth-order valence-corrected chi connectivity index (χ4v) is 3.62. The minimum atomic E-state index is 0.736. The number of thiazole rings is 1. The zero-order valence-electron chi connectivity index (χ0n) is 10.2. The molecule has 4 heteroatoms. The molecule has 0 saturated carbocycles. The second-order valence-electron chi connectivity index (χ2n) is 4.59. The third-order valence-corrected chi connectivity index (χ3v) is 4.58. The Morgan fingerprint density at radius 2 is 2.06 bits per heavy atom. The molecular weight excluding hydrogens is 218 g/mol. The Kier molecular flexibility index (Phi) is 3.95. The van der Waals surface area contributed by atoms with Gasteiger partial charge in [0.25, 0.3) is 0 Å². The molecule has 1 fully saturated rings. The number of nitrogens with two attached hydrogens (primary N) is 1. The van der Waals surface area contributed by atoms with Gasteiger partial charge in [0.05, 0.1) is 10.7 Å². The zero-order chi connectivity index (χ0) is 11.5. The Bertz CT molecular complexity index is 340. The summed E-state index contributed by atoms with van der Waals surface area (Å²) >= 11 is 1.88. The first-order valence-electron chi connectivity index (χ1n) is 6.07. The number of hydrogen-bond acceptors (Lipinski definition) is 4. The Morgan fingerprint density at radius 1 is 1.38 bits per heavy atom. The molecule has 1 aromatic heterocycles. The van der Waals surface area contributed by atoms with Crippen molar-refractivity contribution in [3.8, 4) is 0 Å². The summed E-state index contributed by atoms with van der Waals surface area (Å²) in [6.45, 7) is 8.46. The highest BCUT2D eigenvalue weighted by Gasteiger charge is 2.23. The molecular formula is C12H21N3S. The van der Waals surface area contributed by atoms with Crippen molar-refractivity contribution in [1.29, 1.82) is 0 Å². The first-order chi connectivity index (χ1) is 7.70. The number of nitrogens with zero attached hydrogens (tertiary/aromatic N) is 2. The standard InChI is InChI=1S/C12H21N3S/c1-9-12(16-10(2)14-9)11-3-6-15(7-4-11)8-5-13/h11H,3-8,13H2,1-2H3. The number of hydrogen-bond donors (Lipinski definition) is 1. The summed E-state index contributed by atoms with van der Waals surface area (Å²) in [5.74, 6) is 0.736. The fraction of sp³-hybridized carbons (Fsp3) is 0.750. The van der Waals surface area contributed by atoms with Crippen LogP contribution in [0, 0.1) is 13.8 Å². The first kappa shape index (κ1) is 12.0. The van der Waals surface area contributed by atoms with E-state index in [2.05, 4.69) is 23.7 Å². The molecule has 0 spiro atoms. The third-order valence-electron chi connectivity index (χ3n) is 3.34. The van der Waals surface area contributed by atoms with Crippen LogP contribution in [0.15, 0.2) is 0 Å². The number of aromatic nitrogens is 1. The van der Waals surface area contributed by atoms with Crippen LogP contribution in [-0.2, 0) is 0 Å². The lowest BCUT2D eigenvalue weighted by atomic mass is 9.94. The van der Waals surface area contributed by atoms with Crippen molar-refractivity contribution in [3.05, 3.63) is 15.6 Å². The molecule has 90 valence electrons. The number of piperidine rings is 1. The molecule has 0 amide bonds. The summed E-state index contributed by atoms with van der Waals surface area (Å²) in [4.78, 5) is 8.52. The maximum Gasteiger partial charge on any atom is 0.0900 e. The van der Waals surface area contributed by atoms with Crippen LogP contribution in [0.4, 0.5) is 0 Å². The Labute approximate surface area is 102 Å². The average molecular weight is 239 g/mol. The molecule has 3 nitrogen and oxygen atoms in total. The molecule has 2 N–H and O–H groups in total. The van der Waals surface area contributed by atoms with Gasteiger partial charge in [-0.25, -0.2) is 4.98 Å². The lowest BCUT2D eigenvalue weighted by Crippen LogP contribution is -2.36. The predicted octanol–water partition coefficient (Wildman–Crippen LogP) is 1.90. The highest BCUT2D eigenvalue weighted by molar-refractivity contribution is 7.11. The molecule has 0 aliphatic carbocycles. The topological polar surface area (TPSA) is 42.2 Å². The van der Waals surface area contributed by atoms with E-state index < -0.39 is 0 Å². The van der Waals surface area contributed by atoms with E-state index in [0.717, 1.165) is 19.0 Å². The van der Waals surface area contributed by atoms with Gasteiger partial charge in [-0.2, -0.15) is 0 Å². The molecule has 1 aromatic rings. The summed E-state index contributed by atoms with van der Waals surface area (Å²) in [5, 5.41) is 1.21. The van der Waals surface area contributed by atoms with Gasteiger partial charge in [-0.3, -0.25) is 0 Å². The summed E-state index contributed by atoms with van der Waals surface area (Å²) in [6, 6.07) is 0. The maximum absolute atomic E-state index is 5.58. The van der Waals surface area contributed by atoms with E-state index in [-0.39, 0.29) is 0 Å². The van der Waals surface area contributed by atoms with Gasteiger partial charge in [-0.05, 0) is 45.7 Å². The molecule has 1 aliphatic heterocycles. The minimum absolute atomic E-state index is 0.736. The molecule has 0 atom stereocenters. The SMILES string of the molecule is Cc1nc(C)c(C2CCN(CCN)CC2)s1. The Morgan fingerprint density at radius 3 is 2.56 bits per heavy atom. The van der Waals surface area contributed by atoms with Crippen molar-refractivity contribution in [2.45, 2.75) is 32.6 Å². The fourth-order valence-electron chi connectivity index (χ4n) is 2.53. The molecule has 2 rings (SSSR count). The van der Waals surface area contributed by atoms with E-state index in [1.54, 1.807) is 0 Å². The van der Waals surface area contributed by atoms with Crippen molar-refractivity contribution in [2.24, 2.45) is 5.73 Å². The molecule has 0 unspecified atom stereocenters. The van der Waals surface area contributed by atoms with Crippen molar-refractivity contribution in [3.63, 3.8) is 0 Å². The van der Waals surface area contributed by atoms with Crippen LogP contribution in [0.1, 0.15) is 34.3 Å².